The van der Waals surface area contributed by atoms with E-state index in [1.807, 2.05) is 36.4 Å². The average molecular weight is 286 g/mol. The van der Waals surface area contributed by atoms with E-state index in [4.69, 9.17) is 4.42 Å². The minimum atomic E-state index is -0.0543. The first-order valence-corrected chi connectivity index (χ1v) is 7.26. The van der Waals surface area contributed by atoms with E-state index in [1.54, 1.807) is 13.3 Å². The quantitative estimate of drug-likeness (QED) is 0.823. The highest BCUT2D eigenvalue weighted by Crippen LogP contribution is 2.08. The van der Waals surface area contributed by atoms with Gasteiger partial charge in [0.05, 0.1) is 6.26 Å². The van der Waals surface area contributed by atoms with Crippen LogP contribution in [-0.4, -0.2) is 19.0 Å². The van der Waals surface area contributed by atoms with Gasteiger partial charge in [0.2, 0.25) is 0 Å². The summed E-state index contributed by atoms with van der Waals surface area (Å²) in [7, 11) is 1.64. The van der Waals surface area contributed by atoms with Crippen molar-refractivity contribution >= 4 is 5.91 Å². The molecular weight excluding hydrogens is 264 g/mol. The van der Waals surface area contributed by atoms with Gasteiger partial charge in [0.1, 0.15) is 5.76 Å². The van der Waals surface area contributed by atoms with Gasteiger partial charge >= 0.3 is 0 Å². The van der Waals surface area contributed by atoms with E-state index in [1.165, 1.54) is 5.56 Å². The summed E-state index contributed by atoms with van der Waals surface area (Å²) >= 11 is 0. The van der Waals surface area contributed by atoms with Gasteiger partial charge in [-0.1, -0.05) is 12.1 Å². The van der Waals surface area contributed by atoms with Gasteiger partial charge in [0.25, 0.3) is 5.91 Å². The van der Waals surface area contributed by atoms with Gasteiger partial charge < -0.3 is 15.1 Å². The molecule has 1 atom stereocenters. The summed E-state index contributed by atoms with van der Waals surface area (Å²) in [6, 6.07) is 12.0. The SMILES string of the molecule is CNC(=O)c1ccc(CNC(C)CCc2ccco2)cc1. The van der Waals surface area contributed by atoms with Crippen LogP contribution in [0.5, 0.6) is 0 Å². The Bertz CT molecular complexity index is 547. The highest BCUT2D eigenvalue weighted by molar-refractivity contribution is 5.93. The first kappa shape index (κ1) is 15.3. The van der Waals surface area contributed by atoms with Gasteiger partial charge in [0, 0.05) is 31.6 Å². The van der Waals surface area contributed by atoms with Crippen LogP contribution in [0.15, 0.2) is 47.1 Å². The Hall–Kier alpha value is -2.07. The minimum absolute atomic E-state index is 0.0543. The zero-order valence-electron chi connectivity index (χ0n) is 12.6. The average Bonchev–Trinajstić information content (AvgIpc) is 3.04. The van der Waals surface area contributed by atoms with Gasteiger partial charge in [-0.2, -0.15) is 0 Å². The van der Waals surface area contributed by atoms with Crippen molar-refractivity contribution in [1.29, 1.82) is 0 Å². The standard InChI is InChI=1S/C17H22N2O2/c1-13(5-10-16-4-3-11-21-16)19-12-14-6-8-15(9-7-14)17(20)18-2/h3-4,6-9,11,13,19H,5,10,12H2,1-2H3,(H,18,20). The first-order chi connectivity index (χ1) is 10.2. The van der Waals surface area contributed by atoms with Gasteiger partial charge in [-0.3, -0.25) is 4.79 Å². The Balaban J connectivity index is 1.75. The zero-order valence-corrected chi connectivity index (χ0v) is 12.6. The van der Waals surface area contributed by atoms with Crippen molar-refractivity contribution in [3.63, 3.8) is 0 Å². The van der Waals surface area contributed by atoms with Crippen LogP contribution in [0.25, 0.3) is 0 Å². The molecule has 112 valence electrons. The molecule has 0 fully saturated rings. The summed E-state index contributed by atoms with van der Waals surface area (Å²) in [4.78, 5) is 11.5. The van der Waals surface area contributed by atoms with E-state index in [-0.39, 0.29) is 5.91 Å². The number of amides is 1. The predicted molar refractivity (Wildman–Crippen MR) is 83.2 cm³/mol. The number of carbonyl (C=O) groups is 1. The van der Waals surface area contributed by atoms with E-state index in [9.17, 15) is 4.79 Å². The maximum Gasteiger partial charge on any atom is 0.251 e. The molecule has 0 aliphatic rings. The van der Waals surface area contributed by atoms with Crippen molar-refractivity contribution in [1.82, 2.24) is 10.6 Å². The molecule has 0 bridgehead atoms. The Labute approximate surface area is 125 Å². The molecule has 21 heavy (non-hydrogen) atoms. The number of aryl methyl sites for hydroxylation is 1. The maximum atomic E-state index is 11.5. The van der Waals surface area contributed by atoms with Crippen molar-refractivity contribution in [3.05, 3.63) is 59.5 Å². The van der Waals surface area contributed by atoms with Crippen LogP contribution in [0.3, 0.4) is 0 Å². The molecule has 1 heterocycles. The predicted octanol–water partition coefficient (Wildman–Crippen LogP) is 2.75. The Morgan fingerprint density at radius 3 is 2.62 bits per heavy atom. The lowest BCUT2D eigenvalue weighted by molar-refractivity contribution is 0.0963. The fourth-order valence-electron chi connectivity index (χ4n) is 2.13. The van der Waals surface area contributed by atoms with Crippen molar-refractivity contribution in [2.24, 2.45) is 0 Å². The minimum Gasteiger partial charge on any atom is -0.469 e. The molecule has 0 saturated heterocycles. The normalized spacial score (nSPS) is 12.1. The van der Waals surface area contributed by atoms with Crippen molar-refractivity contribution < 1.29 is 9.21 Å². The van der Waals surface area contributed by atoms with E-state index in [0.29, 0.717) is 11.6 Å². The number of nitrogens with one attached hydrogen (secondary N) is 2. The molecule has 1 aromatic carbocycles. The first-order valence-electron chi connectivity index (χ1n) is 7.26. The van der Waals surface area contributed by atoms with Gasteiger partial charge in [0.15, 0.2) is 0 Å². The molecule has 4 heteroatoms. The third-order valence-electron chi connectivity index (χ3n) is 3.50. The van der Waals surface area contributed by atoms with Crippen LogP contribution < -0.4 is 10.6 Å². The molecule has 4 nitrogen and oxygen atoms in total. The summed E-state index contributed by atoms with van der Waals surface area (Å²) in [5, 5.41) is 6.10. The molecule has 2 aromatic rings. The summed E-state index contributed by atoms with van der Waals surface area (Å²) in [6.07, 6.45) is 3.68. The monoisotopic (exact) mass is 286 g/mol. The second kappa shape index (κ2) is 7.64. The highest BCUT2D eigenvalue weighted by atomic mass is 16.3. The van der Waals surface area contributed by atoms with Crippen molar-refractivity contribution in [3.8, 4) is 0 Å². The third kappa shape index (κ3) is 4.76. The number of furan rings is 1. The number of carbonyl (C=O) groups excluding carboxylic acids is 1. The van der Waals surface area contributed by atoms with Gasteiger partial charge in [-0.25, -0.2) is 0 Å². The lowest BCUT2D eigenvalue weighted by atomic mass is 10.1. The molecule has 1 aromatic heterocycles. The van der Waals surface area contributed by atoms with Crippen LogP contribution in [-0.2, 0) is 13.0 Å². The number of hydrogen-bond donors (Lipinski definition) is 2. The molecule has 0 aliphatic carbocycles. The summed E-state index contributed by atoms with van der Waals surface area (Å²) in [6.45, 7) is 2.97. The molecular formula is C17H22N2O2. The van der Waals surface area contributed by atoms with E-state index < -0.39 is 0 Å². The molecule has 1 amide bonds. The third-order valence-corrected chi connectivity index (χ3v) is 3.50. The largest absolute Gasteiger partial charge is 0.469 e. The fraction of sp³-hybridized carbons (Fsp3) is 0.353. The summed E-state index contributed by atoms with van der Waals surface area (Å²) in [5.41, 5.74) is 1.86. The molecule has 2 rings (SSSR count). The summed E-state index contributed by atoms with van der Waals surface area (Å²) in [5.74, 6) is 0.972. The molecule has 1 unspecified atom stereocenters. The Kier molecular flexibility index (Phi) is 5.58. The molecule has 2 N–H and O–H groups in total. The Morgan fingerprint density at radius 2 is 2.00 bits per heavy atom. The van der Waals surface area contributed by atoms with E-state index >= 15 is 0 Å². The van der Waals surface area contributed by atoms with Crippen LogP contribution in [0, 0.1) is 0 Å². The molecule has 0 spiro atoms. The van der Waals surface area contributed by atoms with Crippen molar-refractivity contribution in [2.45, 2.75) is 32.4 Å². The Morgan fingerprint density at radius 1 is 1.24 bits per heavy atom. The molecule has 0 radical (unpaired) electrons. The topological polar surface area (TPSA) is 54.3 Å². The van der Waals surface area contributed by atoms with Crippen molar-refractivity contribution in [2.75, 3.05) is 7.05 Å². The number of rotatable bonds is 7. The van der Waals surface area contributed by atoms with Crippen LogP contribution in [0.4, 0.5) is 0 Å². The molecule has 0 aliphatic heterocycles. The zero-order chi connectivity index (χ0) is 15.1. The highest BCUT2D eigenvalue weighted by Gasteiger charge is 2.05. The van der Waals surface area contributed by atoms with E-state index in [2.05, 4.69) is 17.6 Å². The van der Waals surface area contributed by atoms with Gasteiger partial charge in [-0.05, 0) is 43.2 Å². The lowest BCUT2D eigenvalue weighted by Gasteiger charge is -2.13. The van der Waals surface area contributed by atoms with E-state index in [0.717, 1.165) is 25.1 Å². The van der Waals surface area contributed by atoms with Crippen LogP contribution >= 0.6 is 0 Å². The van der Waals surface area contributed by atoms with Crippen LogP contribution in [0.1, 0.15) is 35.0 Å². The molecule has 0 saturated carbocycles. The maximum absolute atomic E-state index is 11.5. The van der Waals surface area contributed by atoms with Gasteiger partial charge in [-0.15, -0.1) is 0 Å². The second-order valence-corrected chi connectivity index (χ2v) is 5.18. The second-order valence-electron chi connectivity index (χ2n) is 5.18. The fourth-order valence-corrected chi connectivity index (χ4v) is 2.13. The lowest BCUT2D eigenvalue weighted by Crippen LogP contribution is -2.26. The van der Waals surface area contributed by atoms with Crippen LogP contribution in [0.2, 0.25) is 0 Å². The number of hydrogen-bond acceptors (Lipinski definition) is 3. The number of benzene rings is 1. The smallest absolute Gasteiger partial charge is 0.251 e. The summed E-state index contributed by atoms with van der Waals surface area (Å²) < 4.78 is 5.33.